The lowest BCUT2D eigenvalue weighted by molar-refractivity contribution is 0.0921. The highest BCUT2D eigenvalue weighted by Gasteiger charge is 2.20. The maximum atomic E-state index is 12.0. The van der Waals surface area contributed by atoms with Gasteiger partial charge in [0.25, 0.3) is 5.91 Å². The van der Waals surface area contributed by atoms with Crippen LogP contribution in [0.2, 0.25) is 0 Å². The van der Waals surface area contributed by atoms with Crippen molar-refractivity contribution in [1.29, 1.82) is 0 Å². The Labute approximate surface area is 117 Å². The van der Waals surface area contributed by atoms with E-state index in [4.69, 9.17) is 4.42 Å². The molecule has 1 amide bonds. The van der Waals surface area contributed by atoms with Crippen LogP contribution in [0.25, 0.3) is 0 Å². The van der Waals surface area contributed by atoms with E-state index in [1.807, 2.05) is 11.7 Å². The molecule has 0 unspecified atom stereocenters. The van der Waals surface area contributed by atoms with Crippen LogP contribution in [0.3, 0.4) is 0 Å². The lowest BCUT2D eigenvalue weighted by Crippen LogP contribution is -2.25. The SMILES string of the molecule is Cc1ncoc1C(=O)NCc1c2c(nn1C)CCCC2. The van der Waals surface area contributed by atoms with Gasteiger partial charge in [-0.1, -0.05) is 0 Å². The smallest absolute Gasteiger partial charge is 0.289 e. The van der Waals surface area contributed by atoms with Gasteiger partial charge in [0, 0.05) is 7.05 Å². The number of aromatic nitrogens is 3. The highest BCUT2D eigenvalue weighted by atomic mass is 16.3. The van der Waals surface area contributed by atoms with Crippen molar-refractivity contribution in [1.82, 2.24) is 20.1 Å². The van der Waals surface area contributed by atoms with Crippen molar-refractivity contribution in [2.24, 2.45) is 7.05 Å². The van der Waals surface area contributed by atoms with Crippen LogP contribution in [0, 0.1) is 6.92 Å². The molecule has 6 nitrogen and oxygen atoms in total. The number of rotatable bonds is 3. The Kier molecular flexibility index (Phi) is 3.30. The lowest BCUT2D eigenvalue weighted by atomic mass is 9.96. The topological polar surface area (TPSA) is 73.0 Å². The summed E-state index contributed by atoms with van der Waals surface area (Å²) >= 11 is 0. The molecule has 20 heavy (non-hydrogen) atoms. The minimum absolute atomic E-state index is 0.231. The number of amides is 1. The summed E-state index contributed by atoms with van der Waals surface area (Å²) in [6, 6.07) is 0. The summed E-state index contributed by atoms with van der Waals surface area (Å²) in [7, 11) is 1.93. The Morgan fingerprint density at radius 2 is 2.25 bits per heavy atom. The third-order valence-corrected chi connectivity index (χ3v) is 3.82. The van der Waals surface area contributed by atoms with Crippen molar-refractivity contribution >= 4 is 5.91 Å². The van der Waals surface area contributed by atoms with Gasteiger partial charge in [-0.3, -0.25) is 9.48 Å². The van der Waals surface area contributed by atoms with E-state index in [0.29, 0.717) is 12.2 Å². The fraction of sp³-hybridized carbons (Fsp3) is 0.500. The lowest BCUT2D eigenvalue weighted by Gasteiger charge is -2.11. The van der Waals surface area contributed by atoms with Crippen molar-refractivity contribution in [3.05, 3.63) is 34.8 Å². The van der Waals surface area contributed by atoms with Crippen LogP contribution in [0.5, 0.6) is 0 Å². The van der Waals surface area contributed by atoms with E-state index in [1.165, 1.54) is 30.5 Å². The average Bonchev–Trinajstić information content (AvgIpc) is 2.99. The zero-order valence-electron chi connectivity index (χ0n) is 11.8. The highest BCUT2D eigenvalue weighted by Crippen LogP contribution is 2.23. The summed E-state index contributed by atoms with van der Waals surface area (Å²) in [6.45, 7) is 2.22. The van der Waals surface area contributed by atoms with Gasteiger partial charge in [0.15, 0.2) is 6.39 Å². The van der Waals surface area contributed by atoms with E-state index in [-0.39, 0.29) is 11.7 Å². The molecule has 1 aliphatic rings. The van der Waals surface area contributed by atoms with Gasteiger partial charge in [0.05, 0.1) is 23.6 Å². The molecule has 106 valence electrons. The molecule has 2 aromatic rings. The summed E-state index contributed by atoms with van der Waals surface area (Å²) < 4.78 is 6.97. The molecule has 3 rings (SSSR count). The first-order valence-electron chi connectivity index (χ1n) is 6.88. The first-order chi connectivity index (χ1) is 9.66. The summed E-state index contributed by atoms with van der Waals surface area (Å²) in [4.78, 5) is 16.0. The monoisotopic (exact) mass is 274 g/mol. The number of aryl methyl sites for hydroxylation is 3. The molecule has 0 spiro atoms. The Balaban J connectivity index is 1.74. The van der Waals surface area contributed by atoms with E-state index in [2.05, 4.69) is 15.4 Å². The Bertz CT molecular complexity index is 642. The molecule has 0 aliphatic heterocycles. The fourth-order valence-corrected chi connectivity index (χ4v) is 2.73. The Morgan fingerprint density at radius 3 is 3.00 bits per heavy atom. The van der Waals surface area contributed by atoms with E-state index in [1.54, 1.807) is 6.92 Å². The molecule has 0 saturated carbocycles. The first-order valence-corrected chi connectivity index (χ1v) is 6.88. The number of fused-ring (bicyclic) bond motifs is 1. The van der Waals surface area contributed by atoms with Crippen LogP contribution >= 0.6 is 0 Å². The Hall–Kier alpha value is -2.11. The van der Waals surface area contributed by atoms with Gasteiger partial charge < -0.3 is 9.73 Å². The molecule has 0 saturated heterocycles. The van der Waals surface area contributed by atoms with E-state index in [0.717, 1.165) is 18.5 Å². The Morgan fingerprint density at radius 1 is 1.45 bits per heavy atom. The van der Waals surface area contributed by atoms with Gasteiger partial charge in [-0.05, 0) is 38.2 Å². The minimum Gasteiger partial charge on any atom is -0.438 e. The van der Waals surface area contributed by atoms with Crippen molar-refractivity contribution in [3.8, 4) is 0 Å². The van der Waals surface area contributed by atoms with E-state index >= 15 is 0 Å². The molecule has 6 heteroatoms. The largest absolute Gasteiger partial charge is 0.438 e. The normalized spacial score (nSPS) is 14.1. The van der Waals surface area contributed by atoms with Gasteiger partial charge in [-0.2, -0.15) is 5.10 Å². The van der Waals surface area contributed by atoms with Crippen molar-refractivity contribution in [2.45, 2.75) is 39.2 Å². The summed E-state index contributed by atoms with van der Waals surface area (Å²) in [6.07, 6.45) is 5.78. The number of carbonyl (C=O) groups is 1. The van der Waals surface area contributed by atoms with Gasteiger partial charge in [0.1, 0.15) is 0 Å². The average molecular weight is 274 g/mol. The molecule has 2 aromatic heterocycles. The van der Waals surface area contributed by atoms with Crippen LogP contribution in [-0.2, 0) is 26.4 Å². The molecule has 0 aromatic carbocycles. The third-order valence-electron chi connectivity index (χ3n) is 3.82. The van der Waals surface area contributed by atoms with Crippen molar-refractivity contribution < 1.29 is 9.21 Å². The quantitative estimate of drug-likeness (QED) is 0.921. The van der Waals surface area contributed by atoms with Gasteiger partial charge in [-0.25, -0.2) is 4.98 Å². The second-order valence-corrected chi connectivity index (χ2v) is 5.15. The standard InChI is InChI=1S/C14H18N4O2/c1-9-13(20-8-16-9)14(19)15-7-12-10-5-3-4-6-11(10)17-18(12)2/h8H,3-7H2,1-2H3,(H,15,19). The maximum absolute atomic E-state index is 12.0. The van der Waals surface area contributed by atoms with Gasteiger partial charge in [0.2, 0.25) is 5.76 Å². The second-order valence-electron chi connectivity index (χ2n) is 5.15. The molecule has 0 atom stereocenters. The van der Waals surface area contributed by atoms with Gasteiger partial charge >= 0.3 is 0 Å². The number of nitrogens with one attached hydrogen (secondary N) is 1. The summed E-state index contributed by atoms with van der Waals surface area (Å²) in [5.74, 6) is 0.0480. The van der Waals surface area contributed by atoms with Gasteiger partial charge in [-0.15, -0.1) is 0 Å². The number of oxazole rings is 1. The zero-order valence-corrected chi connectivity index (χ0v) is 11.8. The minimum atomic E-state index is -0.231. The molecular weight excluding hydrogens is 256 g/mol. The number of carbonyl (C=O) groups excluding carboxylic acids is 1. The van der Waals surface area contributed by atoms with E-state index < -0.39 is 0 Å². The highest BCUT2D eigenvalue weighted by molar-refractivity contribution is 5.92. The fourth-order valence-electron chi connectivity index (χ4n) is 2.73. The first kappa shape index (κ1) is 12.9. The van der Waals surface area contributed by atoms with Crippen LogP contribution in [-0.4, -0.2) is 20.7 Å². The number of nitrogens with zero attached hydrogens (tertiary/aromatic N) is 3. The van der Waals surface area contributed by atoms with Crippen molar-refractivity contribution in [2.75, 3.05) is 0 Å². The second kappa shape index (κ2) is 5.11. The van der Waals surface area contributed by atoms with E-state index in [9.17, 15) is 4.79 Å². The predicted octanol–water partition coefficient (Wildman–Crippen LogP) is 1.53. The molecule has 1 aliphatic carbocycles. The zero-order chi connectivity index (χ0) is 14.1. The molecule has 0 radical (unpaired) electrons. The molecule has 0 bridgehead atoms. The van der Waals surface area contributed by atoms with Crippen LogP contribution in [0.15, 0.2) is 10.8 Å². The maximum Gasteiger partial charge on any atom is 0.289 e. The molecule has 1 N–H and O–H groups in total. The number of hydrogen-bond donors (Lipinski definition) is 1. The molecular formula is C14H18N4O2. The predicted molar refractivity (Wildman–Crippen MR) is 72.3 cm³/mol. The van der Waals surface area contributed by atoms with Crippen LogP contribution in [0.4, 0.5) is 0 Å². The van der Waals surface area contributed by atoms with Crippen LogP contribution in [0.1, 0.15) is 46.0 Å². The molecule has 0 fully saturated rings. The third kappa shape index (κ3) is 2.21. The van der Waals surface area contributed by atoms with Crippen molar-refractivity contribution in [3.63, 3.8) is 0 Å². The van der Waals surface area contributed by atoms with Crippen LogP contribution < -0.4 is 5.32 Å². The number of hydrogen-bond acceptors (Lipinski definition) is 4. The summed E-state index contributed by atoms with van der Waals surface area (Å²) in [5.41, 5.74) is 4.17. The molecule has 2 heterocycles. The summed E-state index contributed by atoms with van der Waals surface area (Å²) in [5, 5.41) is 7.42.